The first kappa shape index (κ1) is 20.2. The minimum absolute atomic E-state index is 0.0276. The largest absolute Gasteiger partial charge is 0.460 e. The van der Waals surface area contributed by atoms with Crippen LogP contribution in [0.15, 0.2) is 12.2 Å². The summed E-state index contributed by atoms with van der Waals surface area (Å²) in [6, 6.07) is 0. The predicted octanol–water partition coefficient (Wildman–Crippen LogP) is 5.14. The Bertz CT molecular complexity index is 412. The molecule has 0 aromatic heterocycles. The van der Waals surface area contributed by atoms with Gasteiger partial charge in [0.05, 0.1) is 12.0 Å². The number of carbonyl (C=O) groups is 1. The quantitative estimate of drug-likeness (QED) is 0.385. The van der Waals surface area contributed by atoms with E-state index in [0.717, 1.165) is 32.3 Å². The van der Waals surface area contributed by atoms with Crippen LogP contribution in [0.25, 0.3) is 0 Å². The van der Waals surface area contributed by atoms with Crippen molar-refractivity contribution >= 4 is 5.97 Å². The van der Waals surface area contributed by atoms with Crippen molar-refractivity contribution in [1.82, 2.24) is 0 Å². The lowest BCUT2D eigenvalue weighted by Gasteiger charge is -2.31. The molecule has 0 amide bonds. The molecule has 0 unspecified atom stereocenters. The Hall–Kier alpha value is -0.830. The van der Waals surface area contributed by atoms with E-state index < -0.39 is 5.60 Å². The molecule has 3 atom stereocenters. The highest BCUT2D eigenvalue weighted by Crippen LogP contribution is 2.44. The first-order valence-corrected chi connectivity index (χ1v) is 8.99. The van der Waals surface area contributed by atoms with Crippen molar-refractivity contribution in [3.63, 3.8) is 0 Å². The van der Waals surface area contributed by atoms with Crippen molar-refractivity contribution < 1.29 is 14.3 Å². The van der Waals surface area contributed by atoms with Crippen molar-refractivity contribution in [1.29, 1.82) is 0 Å². The Morgan fingerprint density at radius 2 is 1.74 bits per heavy atom. The molecular formula is C20H36O3. The number of esters is 1. The van der Waals surface area contributed by atoms with Gasteiger partial charge in [0.15, 0.2) is 0 Å². The molecule has 0 aliphatic heterocycles. The molecule has 0 heterocycles. The molecule has 0 aromatic rings. The SMILES string of the molecule is C=C([C@@H]1C[C@H](C(=O)OC(C)(C)C)C[C@H]1OCCCC)C(C)(C)C. The van der Waals surface area contributed by atoms with Crippen molar-refractivity contribution in [2.45, 2.75) is 85.9 Å². The summed E-state index contributed by atoms with van der Waals surface area (Å²) in [6.45, 7) is 19.5. The fourth-order valence-electron chi connectivity index (χ4n) is 3.06. The van der Waals surface area contributed by atoms with E-state index in [-0.39, 0.29) is 29.3 Å². The lowest BCUT2D eigenvalue weighted by molar-refractivity contribution is -0.160. The van der Waals surface area contributed by atoms with Crippen LogP contribution in [0.4, 0.5) is 0 Å². The minimum atomic E-state index is -0.436. The Morgan fingerprint density at radius 3 is 2.22 bits per heavy atom. The second-order valence-corrected chi connectivity index (χ2v) is 8.85. The summed E-state index contributed by atoms with van der Waals surface area (Å²) >= 11 is 0. The molecule has 0 N–H and O–H groups in total. The zero-order valence-electron chi connectivity index (χ0n) is 16.2. The van der Waals surface area contributed by atoms with E-state index in [0.29, 0.717) is 0 Å². The Labute approximate surface area is 142 Å². The van der Waals surface area contributed by atoms with E-state index in [9.17, 15) is 4.79 Å². The van der Waals surface area contributed by atoms with Crippen molar-refractivity contribution in [3.8, 4) is 0 Å². The van der Waals surface area contributed by atoms with Gasteiger partial charge in [-0.2, -0.15) is 0 Å². The van der Waals surface area contributed by atoms with Gasteiger partial charge in [-0.3, -0.25) is 4.79 Å². The summed E-state index contributed by atoms with van der Waals surface area (Å²) in [5, 5.41) is 0. The topological polar surface area (TPSA) is 35.5 Å². The molecule has 3 nitrogen and oxygen atoms in total. The van der Waals surface area contributed by atoms with E-state index in [1.165, 1.54) is 5.57 Å². The number of hydrogen-bond acceptors (Lipinski definition) is 3. The standard InChI is InChI=1S/C20H36O3/c1-9-10-11-22-17-13-15(18(21)23-20(6,7)8)12-16(17)14(2)19(3,4)5/h15-17H,2,9-13H2,1,3-8H3/t15-,16-,17+/m0/s1. The average Bonchev–Trinajstić information content (AvgIpc) is 2.79. The van der Waals surface area contributed by atoms with Crippen LogP contribution in [0.2, 0.25) is 0 Å². The molecule has 0 spiro atoms. The predicted molar refractivity (Wildman–Crippen MR) is 95.3 cm³/mol. The van der Waals surface area contributed by atoms with Gasteiger partial charge >= 0.3 is 5.97 Å². The maximum absolute atomic E-state index is 12.4. The van der Waals surface area contributed by atoms with Crippen LogP contribution in [0, 0.1) is 17.3 Å². The maximum atomic E-state index is 12.4. The maximum Gasteiger partial charge on any atom is 0.309 e. The van der Waals surface area contributed by atoms with Gasteiger partial charge in [-0.15, -0.1) is 0 Å². The first-order chi connectivity index (χ1) is 10.5. The zero-order valence-corrected chi connectivity index (χ0v) is 16.2. The van der Waals surface area contributed by atoms with E-state index >= 15 is 0 Å². The summed E-state index contributed by atoms with van der Waals surface area (Å²) < 4.78 is 11.7. The Kier molecular flexibility index (Phi) is 6.88. The normalized spacial score (nSPS) is 25.4. The fraction of sp³-hybridized carbons (Fsp3) is 0.850. The van der Waals surface area contributed by atoms with Crippen LogP contribution in [0.5, 0.6) is 0 Å². The zero-order chi connectivity index (χ0) is 17.8. The van der Waals surface area contributed by atoms with Gasteiger partial charge in [0, 0.05) is 12.5 Å². The van der Waals surface area contributed by atoms with Crippen LogP contribution in [-0.4, -0.2) is 24.3 Å². The molecule has 3 heteroatoms. The summed E-state index contributed by atoms with van der Waals surface area (Å²) in [5.74, 6) is 0.0696. The second kappa shape index (κ2) is 7.83. The first-order valence-electron chi connectivity index (χ1n) is 8.99. The molecule has 0 bridgehead atoms. The molecule has 0 saturated heterocycles. The van der Waals surface area contributed by atoms with E-state index in [4.69, 9.17) is 9.47 Å². The smallest absolute Gasteiger partial charge is 0.309 e. The second-order valence-electron chi connectivity index (χ2n) is 8.85. The third kappa shape index (κ3) is 6.29. The molecule has 1 aliphatic rings. The minimum Gasteiger partial charge on any atom is -0.460 e. The molecule has 134 valence electrons. The monoisotopic (exact) mass is 324 g/mol. The highest BCUT2D eigenvalue weighted by atomic mass is 16.6. The van der Waals surface area contributed by atoms with Crippen molar-refractivity contribution in [2.75, 3.05) is 6.61 Å². The van der Waals surface area contributed by atoms with Gasteiger partial charge in [-0.05, 0) is 45.4 Å². The van der Waals surface area contributed by atoms with Crippen LogP contribution >= 0.6 is 0 Å². The summed E-state index contributed by atoms with van der Waals surface area (Å²) in [7, 11) is 0. The number of ether oxygens (including phenoxy) is 2. The van der Waals surface area contributed by atoms with Gasteiger partial charge in [0.25, 0.3) is 0 Å². The van der Waals surface area contributed by atoms with E-state index in [2.05, 4.69) is 34.3 Å². The third-order valence-corrected chi connectivity index (χ3v) is 4.48. The summed E-state index contributed by atoms with van der Waals surface area (Å²) in [5.41, 5.74) is 0.777. The molecule has 23 heavy (non-hydrogen) atoms. The van der Waals surface area contributed by atoms with Gasteiger partial charge in [-0.25, -0.2) is 0 Å². The molecule has 0 radical (unpaired) electrons. The van der Waals surface area contributed by atoms with Crippen molar-refractivity contribution in [2.24, 2.45) is 17.3 Å². The van der Waals surface area contributed by atoms with Crippen molar-refractivity contribution in [3.05, 3.63) is 12.2 Å². The molecular weight excluding hydrogens is 288 g/mol. The van der Waals surface area contributed by atoms with Crippen LogP contribution in [0.3, 0.4) is 0 Å². The van der Waals surface area contributed by atoms with Gasteiger partial charge < -0.3 is 9.47 Å². The average molecular weight is 325 g/mol. The van der Waals surface area contributed by atoms with Crippen LogP contribution < -0.4 is 0 Å². The number of rotatable bonds is 6. The lowest BCUT2D eigenvalue weighted by Crippen LogP contribution is -2.28. The van der Waals surface area contributed by atoms with E-state index in [1.54, 1.807) is 0 Å². The Morgan fingerprint density at radius 1 is 1.13 bits per heavy atom. The van der Waals surface area contributed by atoms with E-state index in [1.807, 2.05) is 20.8 Å². The molecule has 1 rings (SSSR count). The van der Waals surface area contributed by atoms with Crippen LogP contribution in [0.1, 0.15) is 74.1 Å². The van der Waals surface area contributed by atoms with Gasteiger partial charge in [0.2, 0.25) is 0 Å². The molecule has 1 aliphatic carbocycles. The van der Waals surface area contributed by atoms with Crippen LogP contribution in [-0.2, 0) is 14.3 Å². The highest BCUT2D eigenvalue weighted by Gasteiger charge is 2.43. The number of carbonyl (C=O) groups excluding carboxylic acids is 1. The fourth-order valence-corrected chi connectivity index (χ4v) is 3.06. The molecule has 1 fully saturated rings. The highest BCUT2D eigenvalue weighted by molar-refractivity contribution is 5.73. The lowest BCUT2D eigenvalue weighted by atomic mass is 9.78. The third-order valence-electron chi connectivity index (χ3n) is 4.48. The Balaban J connectivity index is 2.80. The van der Waals surface area contributed by atoms with Gasteiger partial charge in [0.1, 0.15) is 5.60 Å². The number of hydrogen-bond donors (Lipinski definition) is 0. The summed E-state index contributed by atoms with van der Waals surface area (Å²) in [6.07, 6.45) is 3.81. The molecule has 0 aromatic carbocycles. The van der Waals surface area contributed by atoms with Gasteiger partial charge in [-0.1, -0.05) is 46.3 Å². The molecule has 1 saturated carbocycles. The number of unbranched alkanes of at least 4 members (excludes halogenated alkanes) is 1. The summed E-state index contributed by atoms with van der Waals surface area (Å²) in [4.78, 5) is 12.4.